The zero-order chi connectivity index (χ0) is 20.6. The number of nitrogens with zero attached hydrogens (tertiary/aromatic N) is 3. The Kier molecular flexibility index (Phi) is 4.89. The molecule has 0 aliphatic carbocycles. The smallest absolute Gasteiger partial charge is 0.270 e. The molecule has 2 amide bonds. The van der Waals surface area contributed by atoms with E-state index < -0.39 is 0 Å². The van der Waals surface area contributed by atoms with E-state index in [1.807, 2.05) is 18.2 Å². The second kappa shape index (κ2) is 7.70. The van der Waals surface area contributed by atoms with Gasteiger partial charge in [0.15, 0.2) is 0 Å². The Balaban J connectivity index is 1.40. The number of aromatic nitrogens is 2. The van der Waals surface area contributed by atoms with Gasteiger partial charge in [-0.05, 0) is 36.7 Å². The van der Waals surface area contributed by atoms with Crippen molar-refractivity contribution in [2.24, 2.45) is 5.41 Å². The number of piperidine rings is 1. The lowest BCUT2D eigenvalue weighted by Gasteiger charge is -2.39. The first-order chi connectivity index (χ1) is 14.6. The molecule has 2 aromatic rings. The van der Waals surface area contributed by atoms with Crippen LogP contribution in [-0.2, 0) is 24.1 Å². The molecule has 0 radical (unpaired) electrons. The fraction of sp³-hybridized carbons (Fsp3) is 0.478. The summed E-state index contributed by atoms with van der Waals surface area (Å²) in [5, 5.41) is 5.92. The number of carbonyl (C=O) groups excluding carboxylic acids is 2. The normalized spacial score (nSPS) is 20.1. The fourth-order valence-electron chi connectivity index (χ4n) is 4.89. The molecule has 156 valence electrons. The summed E-state index contributed by atoms with van der Waals surface area (Å²) >= 11 is 0. The summed E-state index contributed by atoms with van der Waals surface area (Å²) in [6, 6.07) is 10.3. The third-order valence-electron chi connectivity index (χ3n) is 6.71. The maximum Gasteiger partial charge on any atom is 0.270 e. The van der Waals surface area contributed by atoms with E-state index in [0.717, 1.165) is 62.5 Å². The lowest BCUT2D eigenvalue weighted by Crippen LogP contribution is -2.43. The molecule has 0 atom stereocenters. The number of anilines is 1. The van der Waals surface area contributed by atoms with Gasteiger partial charge >= 0.3 is 0 Å². The highest BCUT2D eigenvalue weighted by Gasteiger charge is 2.41. The van der Waals surface area contributed by atoms with Crippen molar-refractivity contribution < 1.29 is 9.59 Å². The van der Waals surface area contributed by atoms with Crippen LogP contribution in [0.3, 0.4) is 0 Å². The molecule has 2 fully saturated rings. The van der Waals surface area contributed by atoms with Crippen LogP contribution in [0.25, 0.3) is 0 Å². The van der Waals surface area contributed by atoms with Gasteiger partial charge in [0, 0.05) is 44.6 Å². The maximum absolute atomic E-state index is 12.5. The second-order valence-electron chi connectivity index (χ2n) is 8.72. The van der Waals surface area contributed by atoms with Crippen molar-refractivity contribution in [3.8, 4) is 0 Å². The van der Waals surface area contributed by atoms with Gasteiger partial charge in [-0.2, -0.15) is 0 Å². The number of hydrogen-bond acceptors (Lipinski definition) is 5. The molecule has 0 unspecified atom stereocenters. The molecule has 3 aliphatic heterocycles. The maximum atomic E-state index is 12.5. The molecule has 5 rings (SSSR count). The first-order valence-corrected chi connectivity index (χ1v) is 10.9. The van der Waals surface area contributed by atoms with E-state index in [1.165, 1.54) is 5.56 Å². The Hall–Kier alpha value is -2.96. The highest BCUT2D eigenvalue weighted by Crippen LogP contribution is 2.39. The second-order valence-corrected chi connectivity index (χ2v) is 8.72. The molecule has 4 heterocycles. The largest absolute Gasteiger partial charge is 0.356 e. The van der Waals surface area contributed by atoms with Crippen LogP contribution in [0, 0.1) is 5.41 Å². The van der Waals surface area contributed by atoms with Crippen LogP contribution in [0.5, 0.6) is 0 Å². The zero-order valence-corrected chi connectivity index (χ0v) is 17.1. The highest BCUT2D eigenvalue weighted by molar-refractivity contribution is 5.96. The molecule has 7 nitrogen and oxygen atoms in total. The lowest BCUT2D eigenvalue weighted by molar-refractivity contribution is -0.119. The van der Waals surface area contributed by atoms with E-state index in [9.17, 15) is 9.59 Å². The van der Waals surface area contributed by atoms with Gasteiger partial charge in [-0.15, -0.1) is 0 Å². The Labute approximate surface area is 176 Å². The minimum Gasteiger partial charge on any atom is -0.356 e. The minimum atomic E-state index is -0.0973. The number of aryl methyl sites for hydroxylation is 2. The van der Waals surface area contributed by atoms with Crippen LogP contribution >= 0.6 is 0 Å². The quantitative estimate of drug-likeness (QED) is 0.808. The topological polar surface area (TPSA) is 87.2 Å². The van der Waals surface area contributed by atoms with Crippen LogP contribution in [0.1, 0.15) is 46.7 Å². The van der Waals surface area contributed by atoms with Crippen LogP contribution < -0.4 is 15.5 Å². The van der Waals surface area contributed by atoms with Crippen LogP contribution in [0.4, 0.5) is 5.82 Å². The van der Waals surface area contributed by atoms with Gasteiger partial charge in [0.05, 0.1) is 0 Å². The molecule has 3 aliphatic rings. The van der Waals surface area contributed by atoms with Crippen molar-refractivity contribution in [1.29, 1.82) is 0 Å². The Bertz CT molecular complexity index is 967. The van der Waals surface area contributed by atoms with E-state index >= 15 is 0 Å². The summed E-state index contributed by atoms with van der Waals surface area (Å²) in [6.45, 7) is 3.13. The lowest BCUT2D eigenvalue weighted by atomic mass is 9.77. The van der Waals surface area contributed by atoms with Crippen LogP contribution in [-0.4, -0.2) is 48.0 Å². The summed E-state index contributed by atoms with van der Waals surface area (Å²) in [5.41, 5.74) is 2.84. The van der Waals surface area contributed by atoms with Crippen LogP contribution in [0.2, 0.25) is 0 Å². The summed E-state index contributed by atoms with van der Waals surface area (Å²) < 4.78 is 0. The van der Waals surface area contributed by atoms with Gasteiger partial charge in [0.1, 0.15) is 17.3 Å². The average Bonchev–Trinajstić information content (AvgIpc) is 3.13. The monoisotopic (exact) mass is 405 g/mol. The summed E-state index contributed by atoms with van der Waals surface area (Å²) in [7, 11) is 0. The number of amides is 2. The molecule has 2 N–H and O–H groups in total. The van der Waals surface area contributed by atoms with E-state index in [4.69, 9.17) is 4.98 Å². The van der Waals surface area contributed by atoms with Crippen molar-refractivity contribution >= 4 is 17.6 Å². The standard InChI is InChI=1S/C23H27N5O2/c29-19-14-23(15-25-19)9-12-28(13-10-23)21-17-8-11-24-22(30)20(17)26-18(27-21)7-6-16-4-2-1-3-5-16/h1-5H,6-15H2,(H,24,30)(H,25,29). The van der Waals surface area contributed by atoms with Gasteiger partial charge in [-0.25, -0.2) is 9.97 Å². The molecular weight excluding hydrogens is 378 g/mol. The molecule has 1 aromatic heterocycles. The van der Waals surface area contributed by atoms with Gasteiger partial charge in [0.25, 0.3) is 5.91 Å². The fourth-order valence-corrected chi connectivity index (χ4v) is 4.89. The molecule has 1 spiro atoms. The van der Waals surface area contributed by atoms with E-state index in [-0.39, 0.29) is 17.2 Å². The molecule has 0 bridgehead atoms. The first-order valence-electron chi connectivity index (χ1n) is 10.9. The number of rotatable bonds is 4. The van der Waals surface area contributed by atoms with E-state index in [0.29, 0.717) is 25.1 Å². The Morgan fingerprint density at radius 2 is 1.80 bits per heavy atom. The SMILES string of the molecule is O=C1CC2(CCN(c3nc(CCc4ccccc4)nc4c3CCNC4=O)CC2)CN1. The summed E-state index contributed by atoms with van der Waals surface area (Å²) in [5.74, 6) is 1.72. The Morgan fingerprint density at radius 3 is 2.53 bits per heavy atom. The third kappa shape index (κ3) is 3.64. The van der Waals surface area contributed by atoms with Crippen molar-refractivity contribution in [1.82, 2.24) is 20.6 Å². The average molecular weight is 406 g/mol. The van der Waals surface area contributed by atoms with E-state index in [1.54, 1.807) is 0 Å². The van der Waals surface area contributed by atoms with Crippen molar-refractivity contribution in [3.05, 3.63) is 53.0 Å². The number of fused-ring (bicyclic) bond motifs is 1. The van der Waals surface area contributed by atoms with Gasteiger partial charge < -0.3 is 15.5 Å². The molecule has 1 aromatic carbocycles. The Morgan fingerprint density at radius 1 is 1.00 bits per heavy atom. The van der Waals surface area contributed by atoms with Gasteiger partial charge in [0.2, 0.25) is 5.91 Å². The molecule has 30 heavy (non-hydrogen) atoms. The molecular formula is C23H27N5O2. The highest BCUT2D eigenvalue weighted by atomic mass is 16.2. The number of nitrogens with one attached hydrogen (secondary N) is 2. The minimum absolute atomic E-state index is 0.0915. The van der Waals surface area contributed by atoms with E-state index in [2.05, 4.69) is 32.7 Å². The van der Waals surface area contributed by atoms with Crippen molar-refractivity contribution in [3.63, 3.8) is 0 Å². The van der Waals surface area contributed by atoms with Crippen molar-refractivity contribution in [2.75, 3.05) is 31.1 Å². The first kappa shape index (κ1) is 19.0. The summed E-state index contributed by atoms with van der Waals surface area (Å²) in [4.78, 5) is 36.1. The third-order valence-corrected chi connectivity index (χ3v) is 6.71. The van der Waals surface area contributed by atoms with Gasteiger partial charge in [-0.3, -0.25) is 9.59 Å². The number of benzene rings is 1. The number of carbonyl (C=O) groups is 2. The van der Waals surface area contributed by atoms with Crippen molar-refractivity contribution in [2.45, 2.75) is 38.5 Å². The van der Waals surface area contributed by atoms with Gasteiger partial charge in [-0.1, -0.05) is 30.3 Å². The van der Waals surface area contributed by atoms with Crippen LogP contribution in [0.15, 0.2) is 30.3 Å². The predicted molar refractivity (Wildman–Crippen MR) is 113 cm³/mol. The number of hydrogen-bond donors (Lipinski definition) is 2. The predicted octanol–water partition coefficient (Wildman–Crippen LogP) is 1.65. The molecule has 7 heteroatoms. The zero-order valence-electron chi connectivity index (χ0n) is 17.1. The summed E-state index contributed by atoms with van der Waals surface area (Å²) in [6.07, 6.45) is 4.88. The molecule has 0 saturated carbocycles. The molecule has 2 saturated heterocycles.